The fourth-order valence-corrected chi connectivity index (χ4v) is 8.19. The second-order valence-electron chi connectivity index (χ2n) is 12.4. The van der Waals surface area contributed by atoms with E-state index in [0.717, 1.165) is 18.4 Å². The number of carbonyl (C=O) groups excluding carboxylic acids is 2. The Labute approximate surface area is 235 Å². The fourth-order valence-electron chi connectivity index (χ4n) is 8.19. The number of methoxy groups -OCH3 is 1. The summed E-state index contributed by atoms with van der Waals surface area (Å²) >= 11 is 0. The van der Waals surface area contributed by atoms with Gasteiger partial charge in [0.05, 0.1) is 23.6 Å². The second-order valence-corrected chi connectivity index (χ2v) is 12.4. The Bertz CT molecular complexity index is 1720. The molecule has 0 fully saturated rings. The Kier molecular flexibility index (Phi) is 5.27. The van der Waals surface area contributed by atoms with E-state index in [2.05, 4.69) is 26.5 Å². The zero-order chi connectivity index (χ0) is 30.2. The first-order valence-corrected chi connectivity index (χ1v) is 13.4. The molecule has 0 unspecified atom stereocenters. The van der Waals surface area contributed by atoms with Gasteiger partial charge in [0.15, 0.2) is 0 Å². The Morgan fingerprint density at radius 1 is 1.10 bits per heavy atom. The summed E-state index contributed by atoms with van der Waals surface area (Å²) in [5, 5.41) is 69.0. The smallest absolute Gasteiger partial charge is 0.223 e. The normalized spacial score (nSPS) is 31.8. The average molecular weight is 564 g/mol. The number of aliphatic hydroxyl groups is 4. The van der Waals surface area contributed by atoms with Crippen molar-refractivity contribution < 1.29 is 45.0 Å². The van der Waals surface area contributed by atoms with E-state index in [1.165, 1.54) is 13.2 Å². The number of phenols is 2. The Morgan fingerprint density at radius 3 is 2.34 bits per heavy atom. The molecule has 10 nitrogen and oxygen atoms in total. The maximum absolute atomic E-state index is 14.2. The molecular formula is C31H33NO9. The fraction of sp³-hybridized carbons (Fsp3) is 0.419. The molecule has 41 heavy (non-hydrogen) atoms. The van der Waals surface area contributed by atoms with Crippen molar-refractivity contribution >= 4 is 22.3 Å². The summed E-state index contributed by atoms with van der Waals surface area (Å²) in [5.74, 6) is -4.40. The van der Waals surface area contributed by atoms with Crippen LogP contribution in [0.25, 0.3) is 10.8 Å². The Morgan fingerprint density at radius 2 is 1.76 bits per heavy atom. The molecule has 0 saturated heterocycles. The first kappa shape index (κ1) is 27.3. The Hall–Kier alpha value is -3.86. The molecule has 1 spiro atoms. The number of nitrogens with two attached hydrogens (primary N) is 1. The van der Waals surface area contributed by atoms with Crippen molar-refractivity contribution in [3.8, 4) is 17.2 Å². The summed E-state index contributed by atoms with van der Waals surface area (Å²) in [6, 6.07) is 1.36. The van der Waals surface area contributed by atoms with Crippen molar-refractivity contribution in [2.24, 2.45) is 11.1 Å². The van der Waals surface area contributed by atoms with Gasteiger partial charge >= 0.3 is 0 Å². The van der Waals surface area contributed by atoms with Crippen molar-refractivity contribution in [1.82, 2.24) is 0 Å². The molecule has 0 bridgehead atoms. The topological polar surface area (TPSA) is 191 Å². The SMILES string of the molecule is C=C(N)C1=C(O)C[C@]2(O)[C@@H](O)c3c(c(O)c4c(O)cc(OC)c5c4c3C[C@]53C(C)=CCCC3(C)C)C(=O)[C@]2(O)C1=O. The first-order chi connectivity index (χ1) is 19.0. The van der Waals surface area contributed by atoms with Gasteiger partial charge in [0.1, 0.15) is 34.7 Å². The number of allylic oxidation sites excluding steroid dienone is 3. The molecule has 0 aromatic heterocycles. The summed E-state index contributed by atoms with van der Waals surface area (Å²) in [6.07, 6.45) is 0.908. The number of fused-ring (bicyclic) bond motifs is 4. The lowest BCUT2D eigenvalue weighted by molar-refractivity contribution is -0.195. The van der Waals surface area contributed by atoms with Crippen molar-refractivity contribution in [2.45, 2.75) is 69.2 Å². The number of ether oxygens (including phenoxy) is 1. The number of phenolic OH excluding ortho intramolecular Hbond substituents is 2. The molecule has 0 amide bonds. The van der Waals surface area contributed by atoms with E-state index in [9.17, 15) is 40.2 Å². The number of aliphatic hydroxyl groups excluding tert-OH is 2. The molecular weight excluding hydrogens is 530 g/mol. The third-order valence-electron chi connectivity index (χ3n) is 10.3. The molecule has 0 aliphatic heterocycles. The van der Waals surface area contributed by atoms with Crippen molar-refractivity contribution in [2.75, 3.05) is 7.11 Å². The van der Waals surface area contributed by atoms with Gasteiger partial charge < -0.3 is 41.1 Å². The minimum absolute atomic E-state index is 0.0969. The molecule has 8 N–H and O–H groups in total. The van der Waals surface area contributed by atoms with Gasteiger partial charge in [-0.25, -0.2) is 0 Å². The van der Waals surface area contributed by atoms with E-state index in [1.54, 1.807) is 0 Å². The zero-order valence-corrected chi connectivity index (χ0v) is 23.3. The molecule has 216 valence electrons. The number of carbonyl (C=O) groups is 2. The number of aromatic hydroxyl groups is 2. The van der Waals surface area contributed by atoms with Gasteiger partial charge in [0.2, 0.25) is 17.2 Å². The first-order valence-electron chi connectivity index (χ1n) is 13.4. The summed E-state index contributed by atoms with van der Waals surface area (Å²) in [6.45, 7) is 9.59. The van der Waals surface area contributed by atoms with Crippen LogP contribution in [0.2, 0.25) is 0 Å². The molecule has 10 heteroatoms. The highest BCUT2D eigenvalue weighted by Gasteiger charge is 2.71. The standard InChI is InChI=1S/C31H33NO9/c1-12-7-6-8-28(3,4)29(12)10-14-19-21(15(33)9-17(41-5)23(19)29)24(35)22-20(14)25(36)30(39)11-16(34)18(13(2)32)26(37)31(30,40)27(22)38/h7,9,25,33-36,39-40H,2,6,8,10-11,32H2,1,3-5H3/t25-,29-,30-,31+/m0/s1. The monoisotopic (exact) mass is 563 g/mol. The molecule has 4 aliphatic carbocycles. The molecule has 0 saturated carbocycles. The number of hydrogen-bond acceptors (Lipinski definition) is 10. The van der Waals surface area contributed by atoms with Gasteiger partial charge in [0.25, 0.3) is 0 Å². The van der Waals surface area contributed by atoms with Gasteiger partial charge in [-0.2, -0.15) is 0 Å². The van der Waals surface area contributed by atoms with Crippen molar-refractivity contribution in [3.05, 3.63) is 63.6 Å². The van der Waals surface area contributed by atoms with Crippen molar-refractivity contribution in [1.29, 1.82) is 0 Å². The predicted octanol–water partition coefficient (Wildman–Crippen LogP) is 2.77. The molecule has 0 heterocycles. The van der Waals surface area contributed by atoms with Crippen LogP contribution >= 0.6 is 0 Å². The van der Waals surface area contributed by atoms with Crippen LogP contribution in [0.3, 0.4) is 0 Å². The van der Waals surface area contributed by atoms with Crippen LogP contribution < -0.4 is 10.5 Å². The lowest BCUT2D eigenvalue weighted by atomic mass is 9.54. The molecule has 0 radical (unpaired) electrons. The van der Waals surface area contributed by atoms with E-state index >= 15 is 0 Å². The van der Waals surface area contributed by atoms with Crippen LogP contribution in [-0.4, -0.2) is 60.5 Å². The molecule has 2 aromatic carbocycles. The molecule has 2 aromatic rings. The van der Waals surface area contributed by atoms with E-state index in [1.807, 2.05) is 6.92 Å². The quantitative estimate of drug-likeness (QED) is 0.211. The van der Waals surface area contributed by atoms with Gasteiger partial charge in [0, 0.05) is 40.1 Å². The molecule has 4 atom stereocenters. The van der Waals surface area contributed by atoms with Crippen LogP contribution in [0.15, 0.2) is 41.3 Å². The third-order valence-corrected chi connectivity index (χ3v) is 10.3. The van der Waals surface area contributed by atoms with Crippen LogP contribution in [0.5, 0.6) is 17.2 Å². The largest absolute Gasteiger partial charge is 0.511 e. The number of Topliss-reactive ketones (excluding diaryl/α,β-unsaturated/α-hetero) is 2. The van der Waals surface area contributed by atoms with Gasteiger partial charge in [-0.1, -0.05) is 32.1 Å². The minimum Gasteiger partial charge on any atom is -0.511 e. The van der Waals surface area contributed by atoms with Crippen LogP contribution in [0, 0.1) is 5.41 Å². The lowest BCUT2D eigenvalue weighted by Gasteiger charge is -2.51. The number of benzene rings is 2. The van der Waals surface area contributed by atoms with E-state index in [4.69, 9.17) is 10.5 Å². The average Bonchev–Trinajstić information content (AvgIpc) is 3.24. The highest BCUT2D eigenvalue weighted by atomic mass is 16.5. The third kappa shape index (κ3) is 2.78. The highest BCUT2D eigenvalue weighted by Crippen LogP contribution is 2.66. The van der Waals surface area contributed by atoms with E-state index < -0.39 is 80.2 Å². The minimum atomic E-state index is -3.32. The van der Waals surface area contributed by atoms with Gasteiger partial charge in [-0.15, -0.1) is 0 Å². The maximum atomic E-state index is 14.2. The van der Waals surface area contributed by atoms with E-state index in [-0.39, 0.29) is 17.4 Å². The molecule has 4 aliphatic rings. The van der Waals surface area contributed by atoms with E-state index in [0.29, 0.717) is 22.3 Å². The number of ketones is 2. The number of rotatable bonds is 2. The lowest BCUT2D eigenvalue weighted by Crippen LogP contribution is -2.71. The van der Waals surface area contributed by atoms with Gasteiger partial charge in [-0.3, -0.25) is 9.59 Å². The predicted molar refractivity (Wildman–Crippen MR) is 148 cm³/mol. The highest BCUT2D eigenvalue weighted by molar-refractivity contribution is 6.28. The summed E-state index contributed by atoms with van der Waals surface area (Å²) < 4.78 is 5.75. The van der Waals surface area contributed by atoms with Gasteiger partial charge in [-0.05, 0) is 37.2 Å². The zero-order valence-electron chi connectivity index (χ0n) is 23.3. The molecule has 6 rings (SSSR count). The summed E-state index contributed by atoms with van der Waals surface area (Å²) in [4.78, 5) is 27.7. The van der Waals surface area contributed by atoms with Crippen LogP contribution in [0.4, 0.5) is 0 Å². The summed E-state index contributed by atoms with van der Waals surface area (Å²) in [7, 11) is 1.46. The second kappa shape index (κ2) is 7.90. The number of hydrogen-bond donors (Lipinski definition) is 7. The summed E-state index contributed by atoms with van der Waals surface area (Å²) in [5.41, 5.74) is -1.55. The van der Waals surface area contributed by atoms with Crippen molar-refractivity contribution in [3.63, 3.8) is 0 Å². The van der Waals surface area contributed by atoms with Crippen LogP contribution in [-0.2, 0) is 16.6 Å². The van der Waals surface area contributed by atoms with Crippen LogP contribution in [0.1, 0.15) is 73.2 Å². The maximum Gasteiger partial charge on any atom is 0.223 e. The Balaban J connectivity index is 1.78.